The van der Waals surface area contributed by atoms with Crippen LogP contribution in [0.25, 0.3) is 0 Å². The maximum Gasteiger partial charge on any atom is -0.0470 e. The van der Waals surface area contributed by atoms with Gasteiger partial charge < -0.3 is 0 Å². The van der Waals surface area contributed by atoms with E-state index < -0.39 is 0 Å². The Morgan fingerprint density at radius 1 is 1.00 bits per heavy atom. The molecule has 0 aromatic carbocycles. The van der Waals surface area contributed by atoms with Gasteiger partial charge in [-0.25, -0.2) is 0 Å². The van der Waals surface area contributed by atoms with Gasteiger partial charge in [0, 0.05) is 0 Å². The van der Waals surface area contributed by atoms with E-state index in [1.165, 1.54) is 0 Å². The van der Waals surface area contributed by atoms with E-state index in [1.54, 1.807) is 0 Å². The van der Waals surface area contributed by atoms with E-state index in [4.69, 9.17) is 0 Å². The van der Waals surface area contributed by atoms with Gasteiger partial charge in [-0.1, -0.05) is 12.2 Å². The summed E-state index contributed by atoms with van der Waals surface area (Å²) in [7, 11) is 0. The maximum atomic E-state index is 4.00. The summed E-state index contributed by atoms with van der Waals surface area (Å²) in [6.45, 7) is 4.00. The second-order valence-electron chi connectivity index (χ2n) is 0.667. The summed E-state index contributed by atoms with van der Waals surface area (Å²) in [6, 6.07) is 0. The highest BCUT2D eigenvalue weighted by Gasteiger charge is 1.34. The van der Waals surface area contributed by atoms with E-state index in [9.17, 15) is 0 Å². The average molecular weight is 88.2 g/mol. The lowest BCUT2D eigenvalue weighted by atomic mass is 10.6. The monoisotopic (exact) mass is 88.1 g/mol. The van der Waals surface area contributed by atoms with Crippen molar-refractivity contribution in [3.05, 3.63) is 12.2 Å². The van der Waals surface area contributed by atoms with Crippen LogP contribution in [0.4, 0.5) is 0 Å². The number of hydrogen-bond acceptors (Lipinski definition) is 2. The van der Waals surface area contributed by atoms with E-state index in [2.05, 4.69) is 11.7 Å². The van der Waals surface area contributed by atoms with Crippen molar-refractivity contribution in [3.8, 4) is 0 Å². The van der Waals surface area contributed by atoms with Gasteiger partial charge in [0.1, 0.15) is 0 Å². The Balaban J connectivity index is 0. The molecule has 0 aliphatic heterocycles. The quantitative estimate of drug-likeness (QED) is 0.256. The molecule has 2 heteroatoms. The molecule has 0 radical (unpaired) electrons. The standard InChI is InChI=1S/C4H8.H4N2/c1-3-4-2;1-2/h3-4H,1-2H3;1-2H2. The molecule has 0 unspecified atom stereocenters. The zero-order valence-electron chi connectivity index (χ0n) is 4.31. The van der Waals surface area contributed by atoms with Gasteiger partial charge in [0.2, 0.25) is 0 Å². The molecular formula is C4H12N2. The fourth-order valence-corrected chi connectivity index (χ4v) is 0. The summed E-state index contributed by atoms with van der Waals surface area (Å²) in [5.41, 5.74) is 0. The largest absolute Gasteiger partial charge is 0.274 e. The average Bonchev–Trinajstić information content (AvgIpc) is 1.72. The normalized spacial score (nSPS) is 7.33. The molecule has 0 amide bonds. The van der Waals surface area contributed by atoms with Gasteiger partial charge in [0.25, 0.3) is 0 Å². The lowest BCUT2D eigenvalue weighted by molar-refractivity contribution is 1.26. The minimum atomic E-state index is 2.00. The van der Waals surface area contributed by atoms with Crippen LogP contribution in [0.5, 0.6) is 0 Å². The third kappa shape index (κ3) is 59.5. The highest BCUT2D eigenvalue weighted by atomic mass is 15.0. The van der Waals surface area contributed by atoms with Crippen LogP contribution in [0.3, 0.4) is 0 Å². The molecule has 0 aromatic heterocycles. The molecular weight excluding hydrogens is 76.1 g/mol. The van der Waals surface area contributed by atoms with Crippen LogP contribution >= 0.6 is 0 Å². The van der Waals surface area contributed by atoms with E-state index in [-0.39, 0.29) is 0 Å². The van der Waals surface area contributed by atoms with E-state index in [1.807, 2.05) is 26.0 Å². The number of rotatable bonds is 0. The Morgan fingerprint density at radius 3 is 1.17 bits per heavy atom. The first-order chi connectivity index (χ1) is 2.91. The van der Waals surface area contributed by atoms with Crippen LogP contribution in [0.1, 0.15) is 13.8 Å². The Labute approximate surface area is 38.8 Å². The van der Waals surface area contributed by atoms with Crippen LogP contribution in [-0.2, 0) is 0 Å². The Kier molecular flexibility index (Phi) is 34.6. The summed E-state index contributed by atoms with van der Waals surface area (Å²) < 4.78 is 0. The third-order valence-corrected chi connectivity index (χ3v) is 0.333. The van der Waals surface area contributed by atoms with Gasteiger partial charge in [0.05, 0.1) is 0 Å². The second kappa shape index (κ2) is 22.7. The predicted molar refractivity (Wildman–Crippen MR) is 28.9 cm³/mol. The molecule has 4 N–H and O–H groups in total. The van der Waals surface area contributed by atoms with Crippen LogP contribution in [-0.4, -0.2) is 0 Å². The zero-order valence-corrected chi connectivity index (χ0v) is 4.31. The molecule has 6 heavy (non-hydrogen) atoms. The molecule has 0 atom stereocenters. The Bertz CT molecular complexity index is 20.7. The van der Waals surface area contributed by atoms with E-state index in [0.29, 0.717) is 0 Å². The van der Waals surface area contributed by atoms with E-state index in [0.717, 1.165) is 0 Å². The second-order valence-corrected chi connectivity index (χ2v) is 0.667. The zero-order chi connectivity index (χ0) is 5.41. The first-order valence-electron chi connectivity index (χ1n) is 1.82. The Morgan fingerprint density at radius 2 is 1.17 bits per heavy atom. The molecule has 0 saturated carbocycles. The molecule has 38 valence electrons. The van der Waals surface area contributed by atoms with Crippen molar-refractivity contribution >= 4 is 0 Å². The summed E-state index contributed by atoms with van der Waals surface area (Å²) in [5, 5.41) is 0. The van der Waals surface area contributed by atoms with Crippen molar-refractivity contribution < 1.29 is 0 Å². The summed E-state index contributed by atoms with van der Waals surface area (Å²) >= 11 is 0. The predicted octanol–water partition coefficient (Wildman–Crippen LogP) is 0.401. The van der Waals surface area contributed by atoms with Gasteiger partial charge in [-0.2, -0.15) is 0 Å². The smallest absolute Gasteiger partial charge is 0.0470 e. The summed E-state index contributed by atoms with van der Waals surface area (Å²) in [5.74, 6) is 8.00. The van der Waals surface area contributed by atoms with Crippen molar-refractivity contribution in [1.29, 1.82) is 0 Å². The van der Waals surface area contributed by atoms with Gasteiger partial charge >= 0.3 is 0 Å². The van der Waals surface area contributed by atoms with Crippen LogP contribution < -0.4 is 11.7 Å². The lowest BCUT2D eigenvalue weighted by Gasteiger charge is -1.49. The molecule has 2 nitrogen and oxygen atoms in total. The van der Waals surface area contributed by atoms with Crippen molar-refractivity contribution in [1.82, 2.24) is 0 Å². The number of allylic oxidation sites excluding steroid dienone is 2. The highest BCUT2D eigenvalue weighted by Crippen LogP contribution is 1.57. The maximum absolute atomic E-state index is 4.00. The molecule has 0 aliphatic carbocycles. The Hall–Kier alpha value is -0.340. The van der Waals surface area contributed by atoms with Crippen LogP contribution in [0.2, 0.25) is 0 Å². The van der Waals surface area contributed by atoms with E-state index >= 15 is 0 Å². The van der Waals surface area contributed by atoms with Crippen molar-refractivity contribution in [2.45, 2.75) is 13.8 Å². The van der Waals surface area contributed by atoms with Gasteiger partial charge in [-0.15, -0.1) is 0 Å². The molecule has 0 aromatic rings. The third-order valence-electron chi connectivity index (χ3n) is 0.333. The molecule has 0 aliphatic rings. The lowest BCUT2D eigenvalue weighted by Crippen LogP contribution is -2.02. The first kappa shape index (κ1) is 9.18. The van der Waals surface area contributed by atoms with Crippen molar-refractivity contribution in [2.24, 2.45) is 11.7 Å². The van der Waals surface area contributed by atoms with Crippen LogP contribution in [0.15, 0.2) is 12.2 Å². The molecule has 0 saturated heterocycles. The molecule has 0 heterocycles. The number of nitrogens with two attached hydrogens (primary N) is 2. The molecule has 0 bridgehead atoms. The molecule has 0 rings (SSSR count). The fourth-order valence-electron chi connectivity index (χ4n) is 0. The van der Waals surface area contributed by atoms with Crippen molar-refractivity contribution in [3.63, 3.8) is 0 Å². The summed E-state index contributed by atoms with van der Waals surface area (Å²) in [6.07, 6.45) is 4.00. The van der Waals surface area contributed by atoms with Crippen LogP contribution in [0, 0.1) is 0 Å². The number of hydrazine groups is 1. The van der Waals surface area contributed by atoms with Gasteiger partial charge in [0.15, 0.2) is 0 Å². The fraction of sp³-hybridized carbons (Fsp3) is 0.500. The van der Waals surface area contributed by atoms with Gasteiger partial charge in [-0.3, -0.25) is 11.7 Å². The van der Waals surface area contributed by atoms with Gasteiger partial charge in [-0.05, 0) is 13.8 Å². The summed E-state index contributed by atoms with van der Waals surface area (Å²) in [4.78, 5) is 0. The first-order valence-corrected chi connectivity index (χ1v) is 1.82. The minimum Gasteiger partial charge on any atom is -0.274 e. The molecule has 0 spiro atoms. The topological polar surface area (TPSA) is 52.0 Å². The van der Waals surface area contributed by atoms with Crippen molar-refractivity contribution in [2.75, 3.05) is 0 Å². The highest BCUT2D eigenvalue weighted by molar-refractivity contribution is 4.68. The minimum absolute atomic E-state index is 2.00. The SMILES string of the molecule is CC=CC.NN. The number of hydrogen-bond donors (Lipinski definition) is 2. The molecule has 0 fully saturated rings.